The summed E-state index contributed by atoms with van der Waals surface area (Å²) < 4.78 is 27.3. The number of hydrogen-bond acceptors (Lipinski definition) is 4. The molecule has 1 rings (SSSR count). The lowest BCUT2D eigenvalue weighted by Gasteiger charge is -2.13. The molecule has 144 valence electrons. The first-order chi connectivity index (χ1) is 11.2. The molecule has 7 nitrogen and oxygen atoms in total. The van der Waals surface area contributed by atoms with E-state index >= 15 is 0 Å². The molecular formula is C13H20Cl3IN4O3S. The van der Waals surface area contributed by atoms with Gasteiger partial charge in [0.1, 0.15) is 6.61 Å². The van der Waals surface area contributed by atoms with E-state index in [2.05, 4.69) is 15.6 Å². The summed E-state index contributed by atoms with van der Waals surface area (Å²) in [6.07, 6.45) is 0. The highest BCUT2D eigenvalue weighted by Gasteiger charge is 2.09. The fraction of sp³-hybridized carbons (Fsp3) is 0.462. The van der Waals surface area contributed by atoms with Crippen LogP contribution in [-0.4, -0.2) is 46.4 Å². The molecule has 4 N–H and O–H groups in total. The Bertz CT molecular complexity index is 666. The van der Waals surface area contributed by atoms with Crippen molar-refractivity contribution in [1.29, 1.82) is 0 Å². The molecule has 0 aliphatic heterocycles. The highest BCUT2D eigenvalue weighted by Crippen LogP contribution is 2.35. The van der Waals surface area contributed by atoms with Crippen molar-refractivity contribution in [3.63, 3.8) is 0 Å². The van der Waals surface area contributed by atoms with Gasteiger partial charge in [0.2, 0.25) is 10.0 Å². The van der Waals surface area contributed by atoms with Gasteiger partial charge in [-0.1, -0.05) is 34.8 Å². The van der Waals surface area contributed by atoms with Crippen LogP contribution >= 0.6 is 58.8 Å². The zero-order chi connectivity index (χ0) is 18.2. The summed E-state index contributed by atoms with van der Waals surface area (Å²) in [5.74, 6) is 0.578. The molecular weight excluding hydrogens is 525 g/mol. The summed E-state index contributed by atoms with van der Waals surface area (Å²) in [5.41, 5.74) is 0. The molecule has 1 aromatic rings. The molecule has 0 saturated carbocycles. The van der Waals surface area contributed by atoms with Crippen LogP contribution < -0.4 is 20.5 Å². The van der Waals surface area contributed by atoms with Gasteiger partial charge in [-0.15, -0.1) is 24.0 Å². The Morgan fingerprint density at radius 1 is 1.24 bits per heavy atom. The van der Waals surface area contributed by atoms with Crippen LogP contribution in [0, 0.1) is 0 Å². The van der Waals surface area contributed by atoms with Crippen molar-refractivity contribution in [2.45, 2.75) is 6.92 Å². The zero-order valence-electron chi connectivity index (χ0n) is 13.4. The molecule has 0 amide bonds. The fourth-order valence-electron chi connectivity index (χ4n) is 1.62. The van der Waals surface area contributed by atoms with Crippen LogP contribution in [0.3, 0.4) is 0 Å². The SMILES string of the molecule is CCNC(=NCCS(N)(=O)=O)NCCOc1c(Cl)cc(Cl)cc1Cl.I. The van der Waals surface area contributed by atoms with Crippen LogP contribution in [0.15, 0.2) is 17.1 Å². The molecule has 0 radical (unpaired) electrons. The van der Waals surface area contributed by atoms with E-state index in [1.165, 1.54) is 12.1 Å². The van der Waals surface area contributed by atoms with Crippen molar-refractivity contribution in [3.8, 4) is 5.75 Å². The molecule has 12 heteroatoms. The predicted octanol–water partition coefficient (Wildman–Crippen LogP) is 2.49. The molecule has 0 fully saturated rings. The van der Waals surface area contributed by atoms with E-state index in [4.69, 9.17) is 44.7 Å². The minimum atomic E-state index is -3.54. The summed E-state index contributed by atoms with van der Waals surface area (Å²) in [6.45, 7) is 3.23. The van der Waals surface area contributed by atoms with E-state index in [0.29, 0.717) is 39.9 Å². The number of ether oxygens (including phenoxy) is 1. The normalized spacial score (nSPS) is 11.6. The summed E-state index contributed by atoms with van der Waals surface area (Å²) in [4.78, 5) is 4.10. The summed E-state index contributed by atoms with van der Waals surface area (Å²) in [6, 6.07) is 3.08. The molecule has 0 atom stereocenters. The zero-order valence-corrected chi connectivity index (χ0v) is 18.8. The molecule has 0 saturated heterocycles. The maximum Gasteiger partial charge on any atom is 0.210 e. The van der Waals surface area contributed by atoms with Crippen LogP contribution in [0.2, 0.25) is 15.1 Å². The highest BCUT2D eigenvalue weighted by atomic mass is 127. The molecule has 0 aliphatic rings. The third-order valence-corrected chi connectivity index (χ3v) is 4.13. The summed E-state index contributed by atoms with van der Waals surface area (Å²) >= 11 is 17.9. The standard InChI is InChI=1S/C13H19Cl3N4O3S.HI/c1-2-18-13(20-4-6-24(17,21)22)19-3-5-23-12-10(15)7-9(14)8-11(12)16;/h7-8H,2-6H2,1H3,(H2,17,21,22)(H2,18,19,20);1H. The van der Waals surface area contributed by atoms with Gasteiger partial charge in [0, 0.05) is 11.6 Å². The van der Waals surface area contributed by atoms with Gasteiger partial charge >= 0.3 is 0 Å². The molecule has 0 spiro atoms. The molecule has 0 aliphatic carbocycles. The van der Waals surface area contributed by atoms with Gasteiger partial charge in [-0.25, -0.2) is 13.6 Å². The van der Waals surface area contributed by atoms with Gasteiger partial charge in [-0.05, 0) is 19.1 Å². The largest absolute Gasteiger partial charge is 0.489 e. The van der Waals surface area contributed by atoms with Gasteiger partial charge in [0.25, 0.3) is 0 Å². The first-order valence-corrected chi connectivity index (χ1v) is 9.88. The van der Waals surface area contributed by atoms with Crippen molar-refractivity contribution < 1.29 is 13.2 Å². The van der Waals surface area contributed by atoms with Crippen LogP contribution in [0.1, 0.15) is 6.92 Å². The lowest BCUT2D eigenvalue weighted by molar-refractivity contribution is 0.322. The third kappa shape index (κ3) is 10.5. The highest BCUT2D eigenvalue weighted by molar-refractivity contribution is 14.0. The van der Waals surface area contributed by atoms with Crippen LogP contribution in [0.5, 0.6) is 5.75 Å². The van der Waals surface area contributed by atoms with E-state index in [1.807, 2.05) is 6.92 Å². The number of halogens is 4. The van der Waals surface area contributed by atoms with Gasteiger partial charge < -0.3 is 15.4 Å². The number of nitrogens with zero attached hydrogens (tertiary/aromatic N) is 1. The first-order valence-electron chi connectivity index (χ1n) is 7.03. The lowest BCUT2D eigenvalue weighted by Crippen LogP contribution is -2.39. The van der Waals surface area contributed by atoms with E-state index < -0.39 is 10.0 Å². The number of benzene rings is 1. The first kappa shape index (κ1) is 24.8. The van der Waals surface area contributed by atoms with Gasteiger partial charge in [-0.2, -0.15) is 0 Å². The maximum absolute atomic E-state index is 10.9. The number of sulfonamides is 1. The maximum atomic E-state index is 10.9. The molecule has 0 aromatic heterocycles. The Hall–Kier alpha value is -0.200. The van der Waals surface area contributed by atoms with Crippen molar-refractivity contribution in [2.24, 2.45) is 10.1 Å². The van der Waals surface area contributed by atoms with E-state index in [0.717, 1.165) is 0 Å². The lowest BCUT2D eigenvalue weighted by atomic mass is 10.3. The van der Waals surface area contributed by atoms with Crippen LogP contribution in [0.25, 0.3) is 0 Å². The van der Waals surface area contributed by atoms with Crippen molar-refractivity contribution in [1.82, 2.24) is 10.6 Å². The van der Waals surface area contributed by atoms with Crippen molar-refractivity contribution in [2.75, 3.05) is 32.0 Å². The van der Waals surface area contributed by atoms with Crippen LogP contribution in [-0.2, 0) is 10.0 Å². The Balaban J connectivity index is 0.00000576. The number of hydrogen-bond donors (Lipinski definition) is 3. The van der Waals surface area contributed by atoms with Crippen molar-refractivity contribution in [3.05, 3.63) is 27.2 Å². The Morgan fingerprint density at radius 2 is 1.84 bits per heavy atom. The molecule has 1 aromatic carbocycles. The van der Waals surface area contributed by atoms with E-state index in [-0.39, 0.29) is 42.9 Å². The summed E-state index contributed by atoms with van der Waals surface area (Å²) in [5, 5.41) is 12.0. The topological polar surface area (TPSA) is 106 Å². The average molecular weight is 546 g/mol. The number of aliphatic imine (C=N–C) groups is 1. The Morgan fingerprint density at radius 3 is 2.36 bits per heavy atom. The Kier molecular flexibility index (Phi) is 12.1. The number of nitrogens with one attached hydrogen (secondary N) is 2. The average Bonchev–Trinajstić information content (AvgIpc) is 2.44. The minimum Gasteiger partial charge on any atom is -0.489 e. The number of rotatable bonds is 8. The van der Waals surface area contributed by atoms with Crippen molar-refractivity contribution >= 4 is 74.8 Å². The smallest absolute Gasteiger partial charge is 0.210 e. The molecule has 0 unspecified atom stereocenters. The Labute approximate surface area is 179 Å². The van der Waals surface area contributed by atoms with Crippen LogP contribution in [0.4, 0.5) is 0 Å². The minimum absolute atomic E-state index is 0. The second-order valence-electron chi connectivity index (χ2n) is 4.60. The van der Waals surface area contributed by atoms with Gasteiger partial charge in [-0.3, -0.25) is 4.99 Å². The second-order valence-corrected chi connectivity index (χ2v) is 7.59. The van der Waals surface area contributed by atoms with Gasteiger partial charge in [0.15, 0.2) is 11.7 Å². The second kappa shape index (κ2) is 12.2. The quantitative estimate of drug-likeness (QED) is 0.202. The predicted molar refractivity (Wildman–Crippen MR) is 114 cm³/mol. The molecule has 0 bridgehead atoms. The summed E-state index contributed by atoms with van der Waals surface area (Å²) in [7, 11) is -3.54. The molecule has 25 heavy (non-hydrogen) atoms. The van der Waals surface area contributed by atoms with Gasteiger partial charge in [0.05, 0.1) is 28.9 Å². The molecule has 0 heterocycles. The fourth-order valence-corrected chi connectivity index (χ4v) is 2.89. The number of nitrogens with two attached hydrogens (primary N) is 1. The number of primary sulfonamides is 1. The monoisotopic (exact) mass is 544 g/mol. The van der Waals surface area contributed by atoms with E-state index in [1.54, 1.807) is 0 Å². The van der Waals surface area contributed by atoms with E-state index in [9.17, 15) is 8.42 Å². The number of guanidine groups is 1. The third-order valence-electron chi connectivity index (χ3n) is 2.59.